The maximum atomic E-state index is 4.82. The van der Waals surface area contributed by atoms with Crippen LogP contribution in [0.3, 0.4) is 0 Å². The standard InChI is InChI=1S/C8H6N4S/c13-8-11-3-6(4-12-8)7-5-9-1-2-10-7/h1-5H,(H,11,12,13). The van der Waals surface area contributed by atoms with Crippen molar-refractivity contribution in [3.8, 4) is 11.3 Å². The first-order chi connectivity index (χ1) is 6.36. The van der Waals surface area contributed by atoms with E-state index in [1.807, 2.05) is 0 Å². The van der Waals surface area contributed by atoms with Crippen LogP contribution in [0.25, 0.3) is 11.3 Å². The van der Waals surface area contributed by atoms with Crippen molar-refractivity contribution in [2.24, 2.45) is 0 Å². The Balaban J connectivity index is 2.48. The normalized spacial score (nSPS) is 9.85. The monoisotopic (exact) mass is 190 g/mol. The number of aromatic nitrogens is 4. The number of hydrogen-bond donors (Lipinski definition) is 1. The quantitative estimate of drug-likeness (QED) is 0.694. The van der Waals surface area contributed by atoms with E-state index in [0.717, 1.165) is 11.3 Å². The summed E-state index contributed by atoms with van der Waals surface area (Å²) < 4.78 is 0.465. The smallest absolute Gasteiger partial charge is 0.196 e. The van der Waals surface area contributed by atoms with Crippen LogP contribution in [0.15, 0.2) is 31.0 Å². The van der Waals surface area contributed by atoms with Gasteiger partial charge in [0.1, 0.15) is 0 Å². The molecule has 64 valence electrons. The van der Waals surface area contributed by atoms with Crippen LogP contribution in [0.5, 0.6) is 0 Å². The summed E-state index contributed by atoms with van der Waals surface area (Å²) in [5.41, 5.74) is 1.66. The minimum absolute atomic E-state index is 0.465. The summed E-state index contributed by atoms with van der Waals surface area (Å²) >= 11 is 4.82. The van der Waals surface area contributed by atoms with Crippen LogP contribution in [0.4, 0.5) is 0 Å². The predicted octanol–water partition coefficient (Wildman–Crippen LogP) is 1.60. The molecule has 4 nitrogen and oxygen atoms in total. The molecule has 5 heteroatoms. The van der Waals surface area contributed by atoms with Crippen molar-refractivity contribution in [1.82, 2.24) is 19.9 Å². The average Bonchev–Trinajstić information content (AvgIpc) is 2.20. The zero-order valence-corrected chi connectivity index (χ0v) is 7.45. The van der Waals surface area contributed by atoms with Gasteiger partial charge in [-0.05, 0) is 12.2 Å². The largest absolute Gasteiger partial charge is 0.337 e. The Morgan fingerprint density at radius 3 is 2.69 bits per heavy atom. The summed E-state index contributed by atoms with van der Waals surface area (Å²) in [6.45, 7) is 0. The molecule has 0 saturated carbocycles. The molecule has 0 amide bonds. The van der Waals surface area contributed by atoms with Gasteiger partial charge in [-0.15, -0.1) is 0 Å². The molecule has 0 bridgehead atoms. The molecule has 0 atom stereocenters. The van der Waals surface area contributed by atoms with Crippen molar-refractivity contribution in [2.45, 2.75) is 0 Å². The Hall–Kier alpha value is -1.62. The second kappa shape index (κ2) is 3.40. The van der Waals surface area contributed by atoms with Crippen molar-refractivity contribution in [1.29, 1.82) is 0 Å². The molecular formula is C8H6N4S. The third-order valence-electron chi connectivity index (χ3n) is 1.53. The van der Waals surface area contributed by atoms with Crippen LogP contribution in [0, 0.1) is 4.77 Å². The number of H-pyrrole nitrogens is 1. The Labute approximate surface area is 79.7 Å². The van der Waals surface area contributed by atoms with Crippen molar-refractivity contribution in [3.05, 3.63) is 35.8 Å². The van der Waals surface area contributed by atoms with Crippen LogP contribution < -0.4 is 0 Å². The molecular weight excluding hydrogens is 184 g/mol. The molecule has 0 fully saturated rings. The molecule has 0 aliphatic rings. The van der Waals surface area contributed by atoms with Gasteiger partial charge in [0.25, 0.3) is 0 Å². The van der Waals surface area contributed by atoms with E-state index in [2.05, 4.69) is 19.9 Å². The zero-order valence-electron chi connectivity index (χ0n) is 6.64. The van der Waals surface area contributed by atoms with Gasteiger partial charge in [0.15, 0.2) is 4.77 Å². The summed E-state index contributed by atoms with van der Waals surface area (Å²) in [6, 6.07) is 0. The lowest BCUT2D eigenvalue weighted by atomic mass is 10.2. The second-order valence-electron chi connectivity index (χ2n) is 2.40. The van der Waals surface area contributed by atoms with Gasteiger partial charge in [0.2, 0.25) is 0 Å². The minimum atomic E-state index is 0.465. The molecule has 0 aromatic carbocycles. The van der Waals surface area contributed by atoms with Crippen LogP contribution in [-0.4, -0.2) is 19.9 Å². The first kappa shape index (κ1) is 8.00. The fourth-order valence-corrected chi connectivity index (χ4v) is 1.04. The molecule has 0 aliphatic heterocycles. The molecule has 0 spiro atoms. The summed E-state index contributed by atoms with van der Waals surface area (Å²) in [6.07, 6.45) is 8.37. The Morgan fingerprint density at radius 1 is 1.15 bits per heavy atom. The van der Waals surface area contributed by atoms with E-state index in [-0.39, 0.29) is 0 Å². The third-order valence-corrected chi connectivity index (χ3v) is 1.75. The highest BCUT2D eigenvalue weighted by Gasteiger charge is 1.96. The first-order valence-electron chi connectivity index (χ1n) is 3.67. The Bertz CT molecular complexity index is 431. The molecule has 0 unspecified atom stereocenters. The van der Waals surface area contributed by atoms with E-state index < -0.39 is 0 Å². The van der Waals surface area contributed by atoms with E-state index in [0.29, 0.717) is 4.77 Å². The number of hydrogen-bond acceptors (Lipinski definition) is 4. The Kier molecular flexibility index (Phi) is 2.09. The molecule has 0 saturated heterocycles. The van der Waals surface area contributed by atoms with E-state index in [1.165, 1.54) is 0 Å². The van der Waals surface area contributed by atoms with Crippen molar-refractivity contribution >= 4 is 12.2 Å². The van der Waals surface area contributed by atoms with E-state index in [1.54, 1.807) is 31.0 Å². The predicted molar refractivity (Wildman–Crippen MR) is 50.4 cm³/mol. The van der Waals surface area contributed by atoms with E-state index in [4.69, 9.17) is 12.2 Å². The lowest BCUT2D eigenvalue weighted by Crippen LogP contribution is -1.87. The van der Waals surface area contributed by atoms with Gasteiger partial charge >= 0.3 is 0 Å². The van der Waals surface area contributed by atoms with Gasteiger partial charge in [-0.25, -0.2) is 4.98 Å². The van der Waals surface area contributed by atoms with Gasteiger partial charge < -0.3 is 4.98 Å². The number of aromatic amines is 1. The third kappa shape index (κ3) is 1.75. The zero-order chi connectivity index (χ0) is 9.10. The summed E-state index contributed by atoms with van der Waals surface area (Å²) in [5.74, 6) is 0. The lowest BCUT2D eigenvalue weighted by Gasteiger charge is -1.96. The van der Waals surface area contributed by atoms with Crippen molar-refractivity contribution in [2.75, 3.05) is 0 Å². The average molecular weight is 190 g/mol. The number of nitrogens with zero attached hydrogens (tertiary/aromatic N) is 3. The summed E-state index contributed by atoms with van der Waals surface area (Å²) in [5, 5.41) is 0. The van der Waals surface area contributed by atoms with E-state index >= 15 is 0 Å². The number of rotatable bonds is 1. The van der Waals surface area contributed by atoms with Gasteiger partial charge in [-0.1, -0.05) is 0 Å². The van der Waals surface area contributed by atoms with Crippen LogP contribution in [-0.2, 0) is 0 Å². The fraction of sp³-hybridized carbons (Fsp3) is 0. The maximum Gasteiger partial charge on any atom is 0.196 e. The highest BCUT2D eigenvalue weighted by molar-refractivity contribution is 7.71. The summed E-state index contributed by atoms with van der Waals surface area (Å²) in [4.78, 5) is 14.9. The van der Waals surface area contributed by atoms with E-state index in [9.17, 15) is 0 Å². The maximum absolute atomic E-state index is 4.82. The SMILES string of the molecule is S=c1ncc(-c2cnccn2)c[nH]1. The van der Waals surface area contributed by atoms with Crippen LogP contribution in [0.2, 0.25) is 0 Å². The van der Waals surface area contributed by atoms with Crippen molar-refractivity contribution < 1.29 is 0 Å². The molecule has 2 heterocycles. The van der Waals surface area contributed by atoms with Crippen LogP contribution in [0.1, 0.15) is 0 Å². The Morgan fingerprint density at radius 2 is 2.08 bits per heavy atom. The van der Waals surface area contributed by atoms with Gasteiger partial charge in [0.05, 0.1) is 11.9 Å². The molecule has 0 aliphatic carbocycles. The summed E-state index contributed by atoms with van der Waals surface area (Å²) in [7, 11) is 0. The molecule has 2 aromatic rings. The number of nitrogens with one attached hydrogen (secondary N) is 1. The van der Waals surface area contributed by atoms with Crippen molar-refractivity contribution in [3.63, 3.8) is 0 Å². The topological polar surface area (TPSA) is 54.5 Å². The highest BCUT2D eigenvalue weighted by Crippen LogP contribution is 2.10. The minimum Gasteiger partial charge on any atom is -0.337 e. The highest BCUT2D eigenvalue weighted by atomic mass is 32.1. The second-order valence-corrected chi connectivity index (χ2v) is 2.78. The van der Waals surface area contributed by atoms with Crippen LogP contribution >= 0.6 is 12.2 Å². The molecule has 2 aromatic heterocycles. The molecule has 0 radical (unpaired) electrons. The van der Waals surface area contributed by atoms with Gasteiger partial charge in [-0.3, -0.25) is 9.97 Å². The fourth-order valence-electron chi connectivity index (χ4n) is 0.930. The lowest BCUT2D eigenvalue weighted by molar-refractivity contribution is 1.12. The molecule has 2 rings (SSSR count). The molecule has 1 N–H and O–H groups in total. The van der Waals surface area contributed by atoms with Gasteiger partial charge in [0, 0.05) is 30.4 Å². The first-order valence-corrected chi connectivity index (χ1v) is 4.08. The molecule has 13 heavy (non-hydrogen) atoms. The van der Waals surface area contributed by atoms with Gasteiger partial charge in [-0.2, -0.15) is 0 Å².